The number of nitrogens with one attached hydrogen (secondary N) is 3. The number of hydrogen-bond donors (Lipinski definition) is 4. The first-order chi connectivity index (χ1) is 14.3. The van der Waals surface area contributed by atoms with Crippen LogP contribution in [0.4, 0.5) is 0 Å². The second-order valence-corrected chi connectivity index (χ2v) is 6.76. The van der Waals surface area contributed by atoms with E-state index in [9.17, 15) is 24.2 Å². The minimum Gasteiger partial charge on any atom is -0.466 e. The highest BCUT2D eigenvalue weighted by Gasteiger charge is 2.64. The molecule has 1 aliphatic carbocycles. The first kappa shape index (κ1) is 23.4. The molecule has 0 bridgehead atoms. The molecule has 0 unspecified atom stereocenters. The molecule has 4 atom stereocenters. The van der Waals surface area contributed by atoms with Crippen molar-refractivity contribution in [3.8, 4) is 0 Å². The van der Waals surface area contributed by atoms with Crippen molar-refractivity contribution < 1.29 is 33.7 Å². The van der Waals surface area contributed by atoms with Crippen molar-refractivity contribution in [2.75, 3.05) is 13.2 Å². The second kappa shape index (κ2) is 10.7. The van der Waals surface area contributed by atoms with Crippen LogP contribution in [0.2, 0.25) is 6.82 Å². The Bertz CT molecular complexity index is 775. The van der Waals surface area contributed by atoms with E-state index in [-0.39, 0.29) is 13.2 Å². The van der Waals surface area contributed by atoms with Gasteiger partial charge in [0.1, 0.15) is 6.04 Å². The average molecular weight is 419 g/mol. The van der Waals surface area contributed by atoms with E-state index in [0.717, 1.165) is 0 Å². The summed E-state index contributed by atoms with van der Waals surface area (Å²) < 4.78 is 10.0. The van der Waals surface area contributed by atoms with E-state index >= 15 is 0 Å². The maximum Gasteiger partial charge on any atom is 0.374 e. The highest BCUT2D eigenvalue weighted by molar-refractivity contribution is 6.46. The van der Waals surface area contributed by atoms with Crippen molar-refractivity contribution in [2.45, 2.75) is 26.7 Å². The molecule has 1 aromatic carbocycles. The lowest BCUT2D eigenvalue weighted by molar-refractivity contribution is -0.147. The highest BCUT2D eigenvalue weighted by atomic mass is 16.5. The molecule has 0 heterocycles. The second-order valence-electron chi connectivity index (χ2n) is 6.76. The Kier molecular flexibility index (Phi) is 8.37. The minimum absolute atomic E-state index is 0.0949. The molecule has 0 radical (unpaired) electrons. The molecule has 30 heavy (non-hydrogen) atoms. The molecule has 1 aromatic rings. The van der Waals surface area contributed by atoms with Crippen LogP contribution in [0.25, 0.3) is 0 Å². The minimum atomic E-state index is -1.10. The number of carbonyl (C=O) groups is 4. The Morgan fingerprint density at radius 1 is 1.03 bits per heavy atom. The van der Waals surface area contributed by atoms with Crippen molar-refractivity contribution in [3.63, 3.8) is 0 Å². The predicted molar refractivity (Wildman–Crippen MR) is 107 cm³/mol. The van der Waals surface area contributed by atoms with E-state index < -0.39 is 54.6 Å². The molecule has 1 saturated carbocycles. The van der Waals surface area contributed by atoms with Gasteiger partial charge in [-0.25, -0.2) is 0 Å². The first-order valence-electron chi connectivity index (χ1n) is 9.74. The molecule has 1 aliphatic rings. The largest absolute Gasteiger partial charge is 0.466 e. The van der Waals surface area contributed by atoms with E-state index in [1.807, 2.05) is 0 Å². The SMILES string of the molecule is CCOC(=O)[C@H]1[C@H](C(=O)NNC(=O)c2ccccc2)[C@@H]1[C@H](NB(C)O)C(=O)OCC. The lowest BCUT2D eigenvalue weighted by Gasteiger charge is -2.18. The molecule has 10 nitrogen and oxygen atoms in total. The summed E-state index contributed by atoms with van der Waals surface area (Å²) in [5, 5.41) is 12.3. The zero-order valence-electron chi connectivity index (χ0n) is 17.1. The molecule has 0 aromatic heterocycles. The lowest BCUT2D eigenvalue weighted by atomic mass is 9.86. The van der Waals surface area contributed by atoms with Crippen LogP contribution < -0.4 is 16.1 Å². The van der Waals surface area contributed by atoms with E-state index in [0.29, 0.717) is 5.56 Å². The standard InChI is InChI=1S/C19H26BN3O7/c1-4-29-18(26)14-12(15(21-20(3)28)19(27)30-5-2)13(14)17(25)23-22-16(24)11-9-7-6-8-10-11/h6-10,12-15,21,28H,4-5H2,1-3H3,(H,22,24)(H,23,25)/t12-,13+,14+,15-/m0/s1. The zero-order valence-corrected chi connectivity index (χ0v) is 17.1. The number of amides is 2. The van der Waals surface area contributed by atoms with Crippen LogP contribution in [0, 0.1) is 17.8 Å². The molecule has 162 valence electrons. The van der Waals surface area contributed by atoms with Gasteiger partial charge in [-0.3, -0.25) is 30.0 Å². The molecule has 4 N–H and O–H groups in total. The Morgan fingerprint density at radius 3 is 2.23 bits per heavy atom. The van der Waals surface area contributed by atoms with Crippen molar-refractivity contribution in [1.29, 1.82) is 0 Å². The van der Waals surface area contributed by atoms with Gasteiger partial charge in [-0.2, -0.15) is 0 Å². The van der Waals surface area contributed by atoms with Gasteiger partial charge in [0, 0.05) is 11.5 Å². The van der Waals surface area contributed by atoms with Gasteiger partial charge in [-0.15, -0.1) is 0 Å². The summed E-state index contributed by atoms with van der Waals surface area (Å²) in [7, 11) is -1.08. The molecule has 0 saturated heterocycles. The quantitative estimate of drug-likeness (QED) is 0.239. The van der Waals surface area contributed by atoms with E-state index in [1.54, 1.807) is 44.2 Å². The van der Waals surface area contributed by atoms with Crippen molar-refractivity contribution in [1.82, 2.24) is 16.1 Å². The van der Waals surface area contributed by atoms with Gasteiger partial charge in [0.05, 0.1) is 25.0 Å². The van der Waals surface area contributed by atoms with Crippen LogP contribution in [0.1, 0.15) is 24.2 Å². The number of ether oxygens (including phenoxy) is 2. The number of hydrogen-bond acceptors (Lipinski definition) is 8. The fourth-order valence-corrected chi connectivity index (χ4v) is 3.32. The summed E-state index contributed by atoms with van der Waals surface area (Å²) in [6.07, 6.45) is 0. The topological polar surface area (TPSA) is 143 Å². The third-order valence-corrected chi connectivity index (χ3v) is 4.62. The van der Waals surface area contributed by atoms with Crippen molar-refractivity contribution in [3.05, 3.63) is 35.9 Å². The van der Waals surface area contributed by atoms with Crippen LogP contribution >= 0.6 is 0 Å². The summed E-state index contributed by atoms with van der Waals surface area (Å²) in [4.78, 5) is 49.5. The molecule has 1 fully saturated rings. The third kappa shape index (κ3) is 5.80. The van der Waals surface area contributed by atoms with Gasteiger partial charge in [-0.05, 0) is 32.8 Å². The molecule has 0 aliphatic heterocycles. The summed E-state index contributed by atoms with van der Waals surface area (Å²) in [6, 6.07) is 7.16. The van der Waals surface area contributed by atoms with Gasteiger partial charge in [0.15, 0.2) is 0 Å². The molecule has 0 spiro atoms. The van der Waals surface area contributed by atoms with Gasteiger partial charge < -0.3 is 19.7 Å². The van der Waals surface area contributed by atoms with Gasteiger partial charge >= 0.3 is 19.0 Å². The van der Waals surface area contributed by atoms with E-state index in [2.05, 4.69) is 16.1 Å². The summed E-state index contributed by atoms with van der Waals surface area (Å²) in [6.45, 7) is 4.85. The predicted octanol–water partition coefficient (Wildman–Crippen LogP) is -0.495. The third-order valence-electron chi connectivity index (χ3n) is 4.62. The van der Waals surface area contributed by atoms with Crippen LogP contribution in [0.3, 0.4) is 0 Å². The zero-order chi connectivity index (χ0) is 22.3. The summed E-state index contributed by atoms with van der Waals surface area (Å²) >= 11 is 0. The average Bonchev–Trinajstić information content (AvgIpc) is 3.46. The van der Waals surface area contributed by atoms with Crippen molar-refractivity contribution in [2.24, 2.45) is 17.8 Å². The molecule has 2 rings (SSSR count). The molecular formula is C19H26BN3O7. The van der Waals surface area contributed by atoms with Crippen LogP contribution in [0.5, 0.6) is 0 Å². The monoisotopic (exact) mass is 419 g/mol. The number of carbonyl (C=O) groups excluding carboxylic acids is 4. The smallest absolute Gasteiger partial charge is 0.374 e. The molecule has 11 heteroatoms. The summed E-state index contributed by atoms with van der Waals surface area (Å²) in [5.74, 6) is -5.17. The summed E-state index contributed by atoms with van der Waals surface area (Å²) in [5.41, 5.74) is 4.92. The molecule has 2 amide bonds. The Balaban J connectivity index is 2.13. The number of esters is 2. The van der Waals surface area contributed by atoms with Gasteiger partial charge in [-0.1, -0.05) is 18.2 Å². The van der Waals surface area contributed by atoms with E-state index in [4.69, 9.17) is 9.47 Å². The van der Waals surface area contributed by atoms with Crippen molar-refractivity contribution >= 4 is 30.8 Å². The Hall–Kier alpha value is -2.92. The van der Waals surface area contributed by atoms with Crippen LogP contribution in [-0.4, -0.2) is 55.1 Å². The van der Waals surface area contributed by atoms with Gasteiger partial charge in [0.25, 0.3) is 5.91 Å². The molecular weight excluding hydrogens is 393 g/mol. The number of rotatable bonds is 9. The fraction of sp³-hybridized carbons (Fsp3) is 0.474. The van der Waals surface area contributed by atoms with Gasteiger partial charge in [0.2, 0.25) is 5.91 Å². The number of hydrazine groups is 1. The Morgan fingerprint density at radius 2 is 1.67 bits per heavy atom. The van der Waals surface area contributed by atoms with Crippen LogP contribution in [0.15, 0.2) is 30.3 Å². The number of benzene rings is 1. The van der Waals surface area contributed by atoms with Crippen LogP contribution in [-0.2, 0) is 23.9 Å². The Labute approximate surface area is 174 Å². The maximum absolute atomic E-state index is 12.7. The fourth-order valence-electron chi connectivity index (χ4n) is 3.32. The van der Waals surface area contributed by atoms with E-state index in [1.165, 1.54) is 6.82 Å². The lowest BCUT2D eigenvalue weighted by Crippen LogP contribution is -2.49. The first-order valence-corrected chi connectivity index (χ1v) is 9.74. The highest BCUT2D eigenvalue weighted by Crippen LogP contribution is 2.50. The maximum atomic E-state index is 12.7. The normalized spacial score (nSPS) is 20.5.